The van der Waals surface area contributed by atoms with Gasteiger partial charge in [-0.25, -0.2) is 19.6 Å². The van der Waals surface area contributed by atoms with Crippen molar-refractivity contribution in [1.29, 1.82) is 0 Å². The molecule has 1 aliphatic heterocycles. The first-order chi connectivity index (χ1) is 16.6. The summed E-state index contributed by atoms with van der Waals surface area (Å²) in [6, 6.07) is 11.6. The summed E-state index contributed by atoms with van der Waals surface area (Å²) in [5.41, 5.74) is 10.2. The summed E-state index contributed by atoms with van der Waals surface area (Å²) in [4.78, 5) is 28.8. The molecule has 3 heterocycles. The van der Waals surface area contributed by atoms with Crippen LogP contribution in [-0.2, 0) is 0 Å². The summed E-state index contributed by atoms with van der Waals surface area (Å²) in [6.45, 7) is 10.2. The van der Waals surface area contributed by atoms with Gasteiger partial charge < -0.3 is 15.5 Å². The Morgan fingerprint density at radius 1 is 1.15 bits per heavy atom. The molecule has 4 aromatic rings. The molecule has 1 fully saturated rings. The van der Waals surface area contributed by atoms with Gasteiger partial charge in [-0.1, -0.05) is 29.5 Å². The largest absolute Gasteiger partial charge is 0.375 e. The van der Waals surface area contributed by atoms with E-state index in [4.69, 9.17) is 18.7 Å². The number of anilines is 3. The van der Waals surface area contributed by atoms with E-state index < -0.39 is 0 Å². The average Bonchev–Trinajstić information content (AvgIpc) is 3.48. The average molecular weight is 486 g/mol. The lowest BCUT2D eigenvalue weighted by Gasteiger charge is -2.36. The van der Waals surface area contributed by atoms with Gasteiger partial charge in [0.2, 0.25) is 0 Å². The number of aromatic nitrogens is 2. The highest BCUT2D eigenvalue weighted by Gasteiger charge is 2.22. The maximum Gasteiger partial charge on any atom is 0.323 e. The number of carbonyl (C=O) groups excluding carboxylic acids is 1. The van der Waals surface area contributed by atoms with Gasteiger partial charge in [-0.3, -0.25) is 5.32 Å². The Balaban J connectivity index is 1.28. The van der Waals surface area contributed by atoms with Crippen molar-refractivity contribution in [2.24, 2.45) is 0 Å². The monoisotopic (exact) mass is 485 g/mol. The van der Waals surface area contributed by atoms with E-state index in [9.17, 15) is 4.79 Å². The summed E-state index contributed by atoms with van der Waals surface area (Å²) in [5, 5.41) is 5.58. The highest BCUT2D eigenvalue weighted by Crippen LogP contribution is 2.41. The third-order valence-corrected chi connectivity index (χ3v) is 7.31. The molecule has 1 saturated heterocycles. The molecule has 1 aliphatic rings. The number of nitrogen functional groups attached to an aromatic ring is 1. The van der Waals surface area contributed by atoms with E-state index in [-0.39, 0.29) is 6.03 Å². The summed E-state index contributed by atoms with van der Waals surface area (Å²) < 4.78 is 0.924. The van der Waals surface area contributed by atoms with Gasteiger partial charge in [-0.15, -0.1) is 17.8 Å². The Kier molecular flexibility index (Phi) is 5.76. The Labute approximate surface area is 204 Å². The molecule has 2 amide bonds. The number of hydrogen-bond donors (Lipinski definition) is 2. The smallest absolute Gasteiger partial charge is 0.323 e. The van der Waals surface area contributed by atoms with Crippen LogP contribution in [0, 0.1) is 18.9 Å². The number of nitrogens with zero attached hydrogens (tertiary/aromatic N) is 5. The first-order valence-corrected chi connectivity index (χ1v) is 12.2. The van der Waals surface area contributed by atoms with Crippen LogP contribution in [0.4, 0.5) is 27.1 Å². The number of thiazole rings is 2. The van der Waals surface area contributed by atoms with Crippen LogP contribution in [0.2, 0.25) is 0 Å². The van der Waals surface area contributed by atoms with Crippen LogP contribution in [0.25, 0.3) is 26.2 Å². The van der Waals surface area contributed by atoms with Crippen LogP contribution in [0.5, 0.6) is 0 Å². The van der Waals surface area contributed by atoms with Gasteiger partial charge in [-0.05, 0) is 29.7 Å². The minimum absolute atomic E-state index is 0.174. The van der Waals surface area contributed by atoms with Crippen molar-refractivity contribution >= 4 is 61.2 Å². The van der Waals surface area contributed by atoms with Crippen molar-refractivity contribution in [2.45, 2.75) is 0 Å². The van der Waals surface area contributed by atoms with E-state index in [1.165, 1.54) is 22.7 Å². The Hall–Kier alpha value is -4.12. The minimum atomic E-state index is -0.174. The van der Waals surface area contributed by atoms with Crippen LogP contribution in [0.15, 0.2) is 41.8 Å². The second kappa shape index (κ2) is 9.02. The van der Waals surface area contributed by atoms with E-state index in [1.54, 1.807) is 16.3 Å². The summed E-state index contributed by atoms with van der Waals surface area (Å²) >= 11 is 2.72. The molecular formula is C24H19N7OS2. The van der Waals surface area contributed by atoms with Gasteiger partial charge in [0.25, 0.3) is 0 Å². The van der Waals surface area contributed by atoms with Crippen molar-refractivity contribution in [2.75, 3.05) is 42.1 Å². The number of hydrogen-bond acceptors (Lipinski definition) is 7. The van der Waals surface area contributed by atoms with Crippen LogP contribution < -0.4 is 16.0 Å². The summed E-state index contributed by atoms with van der Waals surface area (Å²) in [7, 11) is 0. The number of nitrogens with one attached hydrogen (secondary N) is 1. The molecule has 0 radical (unpaired) electrons. The molecule has 0 bridgehead atoms. The molecule has 0 aliphatic carbocycles. The number of benzene rings is 2. The Morgan fingerprint density at radius 3 is 2.59 bits per heavy atom. The number of amides is 2. The fourth-order valence-corrected chi connectivity index (χ4v) is 5.41. The maximum atomic E-state index is 12.6. The predicted molar refractivity (Wildman–Crippen MR) is 139 cm³/mol. The number of rotatable bonds is 3. The highest BCUT2D eigenvalue weighted by molar-refractivity contribution is 7.22. The summed E-state index contributed by atoms with van der Waals surface area (Å²) in [6.07, 6.45) is 5.34. The number of terminal acetylenes is 1. The molecule has 0 atom stereocenters. The fraction of sp³-hybridized carbons (Fsp3) is 0.167. The zero-order chi connectivity index (χ0) is 23.7. The van der Waals surface area contributed by atoms with Crippen molar-refractivity contribution in [3.63, 3.8) is 0 Å². The molecule has 10 heteroatoms. The molecule has 2 aromatic heterocycles. The second-order valence-corrected chi connectivity index (χ2v) is 9.49. The molecule has 34 heavy (non-hydrogen) atoms. The number of piperazine rings is 1. The molecule has 3 N–H and O–H groups in total. The first kappa shape index (κ1) is 21.7. The van der Waals surface area contributed by atoms with Crippen LogP contribution >= 0.6 is 22.7 Å². The number of fused-ring (bicyclic) bond motifs is 1. The third kappa shape index (κ3) is 4.13. The van der Waals surface area contributed by atoms with Crippen molar-refractivity contribution in [3.05, 3.63) is 58.2 Å². The lowest BCUT2D eigenvalue weighted by atomic mass is 10.0. The maximum absolute atomic E-state index is 12.6. The molecule has 0 spiro atoms. The molecule has 8 nitrogen and oxygen atoms in total. The number of carbonyl (C=O) groups is 1. The fourth-order valence-electron chi connectivity index (χ4n) is 3.96. The third-order valence-electron chi connectivity index (χ3n) is 5.62. The van der Waals surface area contributed by atoms with Gasteiger partial charge in [0, 0.05) is 42.8 Å². The number of urea groups is 1. The molecule has 0 unspecified atom stereocenters. The van der Waals surface area contributed by atoms with Gasteiger partial charge in [0.15, 0.2) is 15.8 Å². The van der Waals surface area contributed by atoms with Crippen LogP contribution in [0.3, 0.4) is 0 Å². The van der Waals surface area contributed by atoms with Gasteiger partial charge >= 0.3 is 6.03 Å². The molecule has 168 valence electrons. The minimum Gasteiger partial charge on any atom is -0.375 e. The standard InChI is InChI=1S/C24H19N7OS2/c1-3-20-28-19(14-33-20)29-24(32)31-12-10-30(11-13-31)16-6-4-15(5-7-16)21-17(26-2)8-9-18-22(21)34-23(25)27-18/h1,4-9,14H,10-13H2,(H2,25,27)(H,29,32). The molecular weight excluding hydrogens is 466 g/mol. The van der Waals surface area contributed by atoms with Gasteiger partial charge in [0.05, 0.1) is 16.8 Å². The van der Waals surface area contributed by atoms with Crippen LogP contribution in [-0.4, -0.2) is 47.1 Å². The van der Waals surface area contributed by atoms with E-state index in [2.05, 4.69) is 43.1 Å². The highest BCUT2D eigenvalue weighted by atomic mass is 32.1. The SMILES string of the molecule is [C-]#[N+]c1ccc2nc(N)sc2c1-c1ccc(N2CCN(C(=O)Nc3csc(C#C)n3)CC2)cc1. The lowest BCUT2D eigenvalue weighted by Crippen LogP contribution is -2.50. The molecule has 0 saturated carbocycles. The van der Waals surface area contributed by atoms with E-state index in [1.807, 2.05) is 18.2 Å². The van der Waals surface area contributed by atoms with E-state index >= 15 is 0 Å². The zero-order valence-electron chi connectivity index (χ0n) is 18.0. The quantitative estimate of drug-likeness (QED) is 0.319. The topological polar surface area (TPSA) is 91.7 Å². The van der Waals surface area contributed by atoms with Crippen LogP contribution in [0.1, 0.15) is 5.01 Å². The molecule has 2 aromatic carbocycles. The van der Waals surface area contributed by atoms with Gasteiger partial charge in [-0.2, -0.15) is 0 Å². The van der Waals surface area contributed by atoms with Crippen molar-refractivity contribution in [1.82, 2.24) is 14.9 Å². The van der Waals surface area contributed by atoms with Crippen molar-refractivity contribution < 1.29 is 4.79 Å². The summed E-state index contributed by atoms with van der Waals surface area (Å²) in [5.74, 6) is 2.95. The predicted octanol–water partition coefficient (Wildman–Crippen LogP) is 4.89. The second-order valence-electron chi connectivity index (χ2n) is 7.61. The van der Waals surface area contributed by atoms with E-state index in [0.717, 1.165) is 27.0 Å². The van der Waals surface area contributed by atoms with Crippen molar-refractivity contribution in [3.8, 4) is 23.5 Å². The van der Waals surface area contributed by atoms with Gasteiger partial charge in [0.1, 0.15) is 5.82 Å². The van der Waals surface area contributed by atoms with E-state index in [0.29, 0.717) is 47.8 Å². The first-order valence-electron chi connectivity index (χ1n) is 10.5. The normalized spacial score (nSPS) is 13.5. The number of nitrogens with two attached hydrogens (primary N) is 1. The molecule has 5 rings (SSSR count). The lowest BCUT2D eigenvalue weighted by molar-refractivity contribution is 0.208. The Morgan fingerprint density at radius 2 is 1.91 bits per heavy atom. The Bertz CT molecular complexity index is 1450. The zero-order valence-corrected chi connectivity index (χ0v) is 19.6.